The summed E-state index contributed by atoms with van der Waals surface area (Å²) < 4.78 is 11.6. The van der Waals surface area contributed by atoms with Gasteiger partial charge in [-0.2, -0.15) is 0 Å². The lowest BCUT2D eigenvalue weighted by atomic mass is 9.99. The number of aliphatic hydroxyl groups is 1. The van der Waals surface area contributed by atoms with Gasteiger partial charge in [0.05, 0.1) is 5.57 Å². The maximum atomic E-state index is 13.5. The molecule has 1 aliphatic heterocycles. The summed E-state index contributed by atoms with van der Waals surface area (Å²) in [6.07, 6.45) is 0. The highest BCUT2D eigenvalue weighted by Crippen LogP contribution is 2.43. The van der Waals surface area contributed by atoms with Crippen LogP contribution in [0.15, 0.2) is 80.8 Å². The van der Waals surface area contributed by atoms with Crippen LogP contribution in [0.1, 0.15) is 39.2 Å². The van der Waals surface area contributed by atoms with Gasteiger partial charge in [0.25, 0.3) is 5.91 Å². The monoisotopic (exact) mass is 427 g/mol. The number of carbonyl (C=O) groups excluding carboxylic acids is 2. The number of ketones is 1. The molecule has 0 bridgehead atoms. The van der Waals surface area contributed by atoms with Crippen LogP contribution in [0, 0.1) is 20.8 Å². The van der Waals surface area contributed by atoms with Crippen molar-refractivity contribution >= 4 is 28.3 Å². The molecule has 3 heterocycles. The second-order valence-electron chi connectivity index (χ2n) is 8.03. The van der Waals surface area contributed by atoms with E-state index in [1.54, 1.807) is 37.3 Å². The number of rotatable bonds is 4. The number of aryl methyl sites for hydroxylation is 3. The predicted molar refractivity (Wildman–Crippen MR) is 120 cm³/mol. The van der Waals surface area contributed by atoms with Crippen LogP contribution in [-0.4, -0.2) is 16.8 Å². The average Bonchev–Trinajstić information content (AvgIpc) is 3.46. The zero-order valence-electron chi connectivity index (χ0n) is 17.9. The summed E-state index contributed by atoms with van der Waals surface area (Å²) in [7, 11) is 0. The number of carbonyl (C=O) groups is 2. The first-order chi connectivity index (χ1) is 15.3. The van der Waals surface area contributed by atoms with Gasteiger partial charge in [0.1, 0.15) is 23.1 Å². The van der Waals surface area contributed by atoms with E-state index in [2.05, 4.69) is 0 Å². The highest BCUT2D eigenvalue weighted by Gasteiger charge is 2.47. The van der Waals surface area contributed by atoms with Crippen LogP contribution in [0.2, 0.25) is 0 Å². The standard InChI is InChI=1S/C26H21NO5/c1-14-8-10-18(12-15(14)2)27-23(20-11-9-16(3)31-20)22(25(29)26(27)30)24(28)21-13-17-6-4-5-7-19(17)32-21/h4-13,23,29H,1-3H3. The molecule has 0 saturated carbocycles. The maximum absolute atomic E-state index is 13.5. The summed E-state index contributed by atoms with van der Waals surface area (Å²) in [5.41, 5.74) is 3.11. The predicted octanol–water partition coefficient (Wildman–Crippen LogP) is 5.73. The minimum atomic E-state index is -0.918. The molecule has 2 aromatic carbocycles. The first-order valence-electron chi connectivity index (χ1n) is 10.3. The summed E-state index contributed by atoms with van der Waals surface area (Å²) in [6.45, 7) is 5.70. The van der Waals surface area contributed by atoms with E-state index in [-0.39, 0.29) is 11.3 Å². The lowest BCUT2D eigenvalue weighted by Gasteiger charge is -2.25. The fourth-order valence-corrected chi connectivity index (χ4v) is 4.08. The van der Waals surface area contributed by atoms with Gasteiger partial charge in [-0.15, -0.1) is 0 Å². The first kappa shape index (κ1) is 19.9. The van der Waals surface area contributed by atoms with E-state index in [0.29, 0.717) is 22.8 Å². The molecule has 0 fully saturated rings. The Labute approximate surface area is 184 Å². The third-order valence-corrected chi connectivity index (χ3v) is 5.90. The fourth-order valence-electron chi connectivity index (χ4n) is 4.08. The van der Waals surface area contributed by atoms with Crippen LogP contribution >= 0.6 is 0 Å². The third kappa shape index (κ3) is 3.03. The summed E-state index contributed by atoms with van der Waals surface area (Å²) in [5.74, 6) is -0.750. The van der Waals surface area contributed by atoms with Gasteiger partial charge >= 0.3 is 0 Å². The highest BCUT2D eigenvalue weighted by molar-refractivity contribution is 6.20. The molecule has 6 heteroatoms. The fraction of sp³-hybridized carbons (Fsp3) is 0.154. The largest absolute Gasteiger partial charge is 0.503 e. The number of Topliss-reactive ketones (excluding diaryl/α,β-unsaturated/α-hetero) is 1. The molecule has 1 N–H and O–H groups in total. The molecule has 1 amide bonds. The SMILES string of the molecule is Cc1ccc(C2C(C(=O)c3cc4ccccc4o3)=C(O)C(=O)N2c2ccc(C)c(C)c2)o1. The number of anilines is 1. The average molecular weight is 427 g/mol. The molecule has 0 spiro atoms. The molecular formula is C26H21NO5. The molecule has 5 rings (SSSR count). The number of para-hydroxylation sites is 1. The maximum Gasteiger partial charge on any atom is 0.294 e. The lowest BCUT2D eigenvalue weighted by Crippen LogP contribution is -2.30. The number of hydrogen-bond donors (Lipinski definition) is 1. The summed E-state index contributed by atoms with van der Waals surface area (Å²) >= 11 is 0. The number of nitrogens with zero attached hydrogens (tertiary/aromatic N) is 1. The molecule has 32 heavy (non-hydrogen) atoms. The van der Waals surface area contributed by atoms with E-state index in [1.165, 1.54) is 4.90 Å². The highest BCUT2D eigenvalue weighted by atomic mass is 16.4. The van der Waals surface area contributed by atoms with Crippen molar-refractivity contribution in [3.05, 3.63) is 100 Å². The van der Waals surface area contributed by atoms with Gasteiger partial charge < -0.3 is 13.9 Å². The van der Waals surface area contributed by atoms with Crippen molar-refractivity contribution in [2.75, 3.05) is 4.90 Å². The van der Waals surface area contributed by atoms with E-state index >= 15 is 0 Å². The van der Waals surface area contributed by atoms with E-state index < -0.39 is 23.5 Å². The molecule has 1 atom stereocenters. The Hall–Kier alpha value is -4.06. The molecule has 0 saturated heterocycles. The molecule has 160 valence electrons. The topological polar surface area (TPSA) is 83.9 Å². The normalized spacial score (nSPS) is 16.4. The third-order valence-electron chi connectivity index (χ3n) is 5.90. The van der Waals surface area contributed by atoms with Crippen molar-refractivity contribution < 1.29 is 23.5 Å². The summed E-state index contributed by atoms with van der Waals surface area (Å²) in [4.78, 5) is 28.1. The second-order valence-corrected chi connectivity index (χ2v) is 8.03. The molecule has 0 radical (unpaired) electrons. The first-order valence-corrected chi connectivity index (χ1v) is 10.3. The molecule has 1 aliphatic rings. The number of amides is 1. The Kier molecular flexibility index (Phi) is 4.51. The molecule has 6 nitrogen and oxygen atoms in total. The Bertz CT molecular complexity index is 1390. The smallest absolute Gasteiger partial charge is 0.294 e. The number of benzene rings is 2. The Balaban J connectivity index is 1.66. The molecule has 1 unspecified atom stereocenters. The second kappa shape index (κ2) is 7.27. The van der Waals surface area contributed by atoms with Crippen molar-refractivity contribution in [2.24, 2.45) is 0 Å². The van der Waals surface area contributed by atoms with Crippen molar-refractivity contribution in [3.8, 4) is 0 Å². The van der Waals surface area contributed by atoms with Crippen LogP contribution in [0.3, 0.4) is 0 Å². The van der Waals surface area contributed by atoms with E-state index in [1.807, 2.05) is 44.2 Å². The van der Waals surface area contributed by atoms with E-state index in [4.69, 9.17) is 8.83 Å². The van der Waals surface area contributed by atoms with Gasteiger partial charge in [0.15, 0.2) is 11.5 Å². The van der Waals surface area contributed by atoms with Crippen molar-refractivity contribution in [2.45, 2.75) is 26.8 Å². The van der Waals surface area contributed by atoms with Crippen LogP contribution in [-0.2, 0) is 4.79 Å². The number of fused-ring (bicyclic) bond motifs is 1. The zero-order valence-corrected chi connectivity index (χ0v) is 17.9. The molecule has 4 aromatic rings. The van der Waals surface area contributed by atoms with E-state index in [9.17, 15) is 14.7 Å². The van der Waals surface area contributed by atoms with Crippen LogP contribution in [0.25, 0.3) is 11.0 Å². The quantitative estimate of drug-likeness (QED) is 0.420. The van der Waals surface area contributed by atoms with Crippen molar-refractivity contribution in [1.29, 1.82) is 0 Å². The molecule has 0 aliphatic carbocycles. The summed E-state index contributed by atoms with van der Waals surface area (Å²) in [6, 6.07) is 17.0. The lowest BCUT2D eigenvalue weighted by molar-refractivity contribution is -0.117. The van der Waals surface area contributed by atoms with Gasteiger partial charge in [-0.25, -0.2) is 0 Å². The van der Waals surface area contributed by atoms with Gasteiger partial charge in [0.2, 0.25) is 5.78 Å². The van der Waals surface area contributed by atoms with Crippen molar-refractivity contribution in [1.82, 2.24) is 0 Å². The Morgan fingerprint density at radius 1 is 0.938 bits per heavy atom. The van der Waals surface area contributed by atoms with Gasteiger partial charge in [-0.3, -0.25) is 14.5 Å². The van der Waals surface area contributed by atoms with Crippen molar-refractivity contribution in [3.63, 3.8) is 0 Å². The van der Waals surface area contributed by atoms with E-state index in [0.717, 1.165) is 16.5 Å². The van der Waals surface area contributed by atoms with Crippen LogP contribution in [0.5, 0.6) is 0 Å². The van der Waals surface area contributed by atoms with Gasteiger partial charge in [0, 0.05) is 11.1 Å². The van der Waals surface area contributed by atoms with Gasteiger partial charge in [-0.1, -0.05) is 24.3 Å². The minimum absolute atomic E-state index is 0.0516. The number of furan rings is 2. The Morgan fingerprint density at radius 3 is 2.41 bits per heavy atom. The summed E-state index contributed by atoms with van der Waals surface area (Å²) in [5, 5.41) is 11.6. The zero-order chi connectivity index (χ0) is 22.6. The van der Waals surface area contributed by atoms with Gasteiger partial charge in [-0.05, 0) is 68.3 Å². The number of hydrogen-bond acceptors (Lipinski definition) is 5. The molecule has 2 aromatic heterocycles. The Morgan fingerprint density at radius 2 is 1.72 bits per heavy atom. The minimum Gasteiger partial charge on any atom is -0.503 e. The number of aliphatic hydroxyl groups excluding tert-OH is 1. The van der Waals surface area contributed by atoms with Crippen LogP contribution < -0.4 is 4.90 Å². The van der Waals surface area contributed by atoms with Crippen LogP contribution in [0.4, 0.5) is 5.69 Å². The molecular weight excluding hydrogens is 406 g/mol.